The van der Waals surface area contributed by atoms with Crippen LogP contribution in [0, 0.1) is 0 Å². The minimum atomic E-state index is -0.0995. The number of aromatic nitrogens is 1. The van der Waals surface area contributed by atoms with E-state index in [2.05, 4.69) is 9.88 Å². The van der Waals surface area contributed by atoms with Gasteiger partial charge in [-0.2, -0.15) is 0 Å². The van der Waals surface area contributed by atoms with E-state index in [1.807, 2.05) is 23.1 Å². The third-order valence-electron chi connectivity index (χ3n) is 4.89. The molecule has 27 heavy (non-hydrogen) atoms. The molecule has 1 fully saturated rings. The van der Waals surface area contributed by atoms with Crippen molar-refractivity contribution in [2.24, 2.45) is 0 Å². The van der Waals surface area contributed by atoms with Crippen LogP contribution in [0.2, 0.25) is 5.02 Å². The highest BCUT2D eigenvalue weighted by molar-refractivity contribution is 6.31. The zero-order valence-corrected chi connectivity index (χ0v) is 15.5. The lowest BCUT2D eigenvalue weighted by Crippen LogP contribution is -2.35. The van der Waals surface area contributed by atoms with Crippen molar-refractivity contribution in [1.82, 2.24) is 14.8 Å². The van der Waals surface area contributed by atoms with E-state index in [9.17, 15) is 9.59 Å². The van der Waals surface area contributed by atoms with E-state index >= 15 is 0 Å². The van der Waals surface area contributed by atoms with Gasteiger partial charge in [0.2, 0.25) is 0 Å². The number of carbonyl (C=O) groups excluding carboxylic acids is 1. The molecule has 2 aromatic heterocycles. The molecule has 1 amide bonds. The molecule has 1 N–H and O–H groups in total. The summed E-state index contributed by atoms with van der Waals surface area (Å²) in [6.45, 7) is 3.39. The molecule has 1 aliphatic rings. The minimum Gasteiger partial charge on any atom is -0.459 e. The summed E-state index contributed by atoms with van der Waals surface area (Å²) in [4.78, 5) is 31.8. The van der Waals surface area contributed by atoms with E-state index in [0.717, 1.165) is 29.4 Å². The molecule has 0 aliphatic carbocycles. The lowest BCUT2D eigenvalue weighted by molar-refractivity contribution is 0.0729. The lowest BCUT2D eigenvalue weighted by atomic mass is 10.1. The van der Waals surface area contributed by atoms with Crippen LogP contribution >= 0.6 is 11.6 Å². The normalized spacial score (nSPS) is 15.8. The molecule has 140 valence electrons. The number of rotatable bonds is 3. The fourth-order valence-electron chi connectivity index (χ4n) is 3.47. The van der Waals surface area contributed by atoms with Crippen molar-refractivity contribution in [3.05, 3.63) is 69.4 Å². The second kappa shape index (κ2) is 7.58. The zero-order chi connectivity index (χ0) is 18.8. The Kier molecular flexibility index (Phi) is 5.01. The Morgan fingerprint density at radius 1 is 1.15 bits per heavy atom. The van der Waals surface area contributed by atoms with E-state index < -0.39 is 0 Å². The van der Waals surface area contributed by atoms with Crippen LogP contribution in [0.5, 0.6) is 0 Å². The van der Waals surface area contributed by atoms with Crippen LogP contribution in [-0.4, -0.2) is 46.9 Å². The zero-order valence-electron chi connectivity index (χ0n) is 14.8. The van der Waals surface area contributed by atoms with Crippen LogP contribution in [0.4, 0.5) is 0 Å². The quantitative estimate of drug-likeness (QED) is 0.752. The molecule has 1 aromatic carbocycles. The number of nitrogens with one attached hydrogen (secondary N) is 1. The van der Waals surface area contributed by atoms with Gasteiger partial charge in [0, 0.05) is 48.8 Å². The largest absolute Gasteiger partial charge is 0.459 e. The highest BCUT2D eigenvalue weighted by Gasteiger charge is 2.22. The third kappa shape index (κ3) is 3.91. The molecular weight excluding hydrogens is 366 g/mol. The highest BCUT2D eigenvalue weighted by Crippen LogP contribution is 2.18. The fourth-order valence-corrected chi connectivity index (χ4v) is 3.64. The van der Waals surface area contributed by atoms with E-state index in [-0.39, 0.29) is 11.5 Å². The summed E-state index contributed by atoms with van der Waals surface area (Å²) in [5.74, 6) is 0.287. The SMILES string of the molecule is O=C(c1ccco1)N1CCCN(Cc2cc3ccc(Cl)cc3[nH]c2=O)CC1. The standard InChI is InChI=1S/C20H20ClN3O3/c21-16-5-4-14-11-15(19(25)22-17(14)12-16)13-23-6-2-7-24(9-8-23)20(26)18-3-1-10-27-18/h1,3-5,10-12H,2,6-9,13H2,(H,22,25). The first kappa shape index (κ1) is 17.8. The summed E-state index contributed by atoms with van der Waals surface area (Å²) < 4.78 is 5.22. The number of nitrogens with zero attached hydrogens (tertiary/aromatic N) is 2. The van der Waals surface area contributed by atoms with Crippen LogP contribution in [0.15, 0.2) is 51.9 Å². The Morgan fingerprint density at radius 2 is 2.04 bits per heavy atom. The molecule has 0 saturated carbocycles. The number of amides is 1. The number of aromatic amines is 1. The van der Waals surface area contributed by atoms with Crippen LogP contribution in [0.3, 0.4) is 0 Å². The molecule has 0 radical (unpaired) electrons. The first-order valence-corrected chi connectivity index (χ1v) is 9.34. The monoisotopic (exact) mass is 385 g/mol. The van der Waals surface area contributed by atoms with Crippen molar-refractivity contribution in [2.45, 2.75) is 13.0 Å². The van der Waals surface area contributed by atoms with E-state index in [4.69, 9.17) is 16.0 Å². The Bertz CT molecular complexity index is 1010. The summed E-state index contributed by atoms with van der Waals surface area (Å²) in [7, 11) is 0. The van der Waals surface area contributed by atoms with E-state index in [1.54, 1.807) is 18.2 Å². The van der Waals surface area contributed by atoms with Gasteiger partial charge in [-0.3, -0.25) is 14.5 Å². The maximum Gasteiger partial charge on any atom is 0.289 e. The average Bonchev–Trinajstić information content (AvgIpc) is 3.09. The maximum absolute atomic E-state index is 12.5. The number of hydrogen-bond donors (Lipinski definition) is 1. The van der Waals surface area contributed by atoms with Gasteiger partial charge < -0.3 is 14.3 Å². The number of benzene rings is 1. The lowest BCUT2D eigenvalue weighted by Gasteiger charge is -2.21. The average molecular weight is 386 g/mol. The van der Waals surface area contributed by atoms with Crippen molar-refractivity contribution < 1.29 is 9.21 Å². The first-order chi connectivity index (χ1) is 13.1. The molecule has 0 unspecified atom stereocenters. The number of fused-ring (bicyclic) bond motifs is 1. The molecule has 7 heteroatoms. The highest BCUT2D eigenvalue weighted by atomic mass is 35.5. The van der Waals surface area contributed by atoms with Crippen LogP contribution < -0.4 is 5.56 Å². The number of hydrogen-bond acceptors (Lipinski definition) is 4. The summed E-state index contributed by atoms with van der Waals surface area (Å²) in [6, 6.07) is 10.8. The van der Waals surface area contributed by atoms with Gasteiger partial charge in [0.15, 0.2) is 5.76 Å². The Labute approximate surface area is 161 Å². The van der Waals surface area contributed by atoms with E-state index in [1.165, 1.54) is 6.26 Å². The first-order valence-electron chi connectivity index (χ1n) is 8.97. The molecule has 0 spiro atoms. The Balaban J connectivity index is 1.46. The second-order valence-electron chi connectivity index (χ2n) is 6.75. The summed E-state index contributed by atoms with van der Waals surface area (Å²) in [5.41, 5.74) is 1.36. The number of halogens is 1. The van der Waals surface area contributed by atoms with Gasteiger partial charge in [-0.1, -0.05) is 17.7 Å². The van der Waals surface area contributed by atoms with E-state index in [0.29, 0.717) is 37.0 Å². The molecule has 0 atom stereocenters. The van der Waals surface area contributed by atoms with Gasteiger partial charge in [-0.15, -0.1) is 0 Å². The van der Waals surface area contributed by atoms with Crippen molar-refractivity contribution in [2.75, 3.05) is 26.2 Å². The molecule has 1 saturated heterocycles. The smallest absolute Gasteiger partial charge is 0.289 e. The predicted molar refractivity (Wildman–Crippen MR) is 104 cm³/mol. The molecule has 3 heterocycles. The van der Waals surface area contributed by atoms with Gasteiger partial charge in [0.05, 0.1) is 6.26 Å². The summed E-state index contributed by atoms with van der Waals surface area (Å²) >= 11 is 5.99. The van der Waals surface area contributed by atoms with Crippen LogP contribution in [-0.2, 0) is 6.54 Å². The van der Waals surface area contributed by atoms with Crippen LogP contribution in [0.25, 0.3) is 10.9 Å². The minimum absolute atomic E-state index is 0.0812. The Morgan fingerprint density at radius 3 is 2.85 bits per heavy atom. The number of H-pyrrole nitrogens is 1. The number of furan rings is 1. The van der Waals surface area contributed by atoms with Crippen molar-refractivity contribution in [1.29, 1.82) is 0 Å². The van der Waals surface area contributed by atoms with Crippen molar-refractivity contribution >= 4 is 28.4 Å². The maximum atomic E-state index is 12.5. The fraction of sp³-hybridized carbons (Fsp3) is 0.300. The van der Waals surface area contributed by atoms with Gasteiger partial charge >= 0.3 is 0 Å². The third-order valence-corrected chi connectivity index (χ3v) is 5.12. The number of pyridine rings is 1. The summed E-state index contributed by atoms with van der Waals surface area (Å²) in [5, 5.41) is 1.55. The van der Waals surface area contributed by atoms with Gasteiger partial charge in [0.1, 0.15) is 0 Å². The van der Waals surface area contributed by atoms with Gasteiger partial charge in [-0.05, 0) is 42.1 Å². The Hall–Kier alpha value is -2.57. The predicted octanol–water partition coefficient (Wildman–Crippen LogP) is 3.12. The molecule has 0 bridgehead atoms. The van der Waals surface area contributed by atoms with Crippen molar-refractivity contribution in [3.8, 4) is 0 Å². The van der Waals surface area contributed by atoms with Gasteiger partial charge in [0.25, 0.3) is 11.5 Å². The van der Waals surface area contributed by atoms with Crippen LogP contribution in [0.1, 0.15) is 22.5 Å². The van der Waals surface area contributed by atoms with Crippen molar-refractivity contribution in [3.63, 3.8) is 0 Å². The molecule has 1 aliphatic heterocycles. The van der Waals surface area contributed by atoms with Gasteiger partial charge in [-0.25, -0.2) is 0 Å². The number of carbonyl (C=O) groups is 1. The topological polar surface area (TPSA) is 69.6 Å². The second-order valence-corrected chi connectivity index (χ2v) is 7.19. The summed E-state index contributed by atoms with van der Waals surface area (Å²) in [6.07, 6.45) is 2.37. The molecule has 4 rings (SSSR count). The molecule has 3 aromatic rings. The molecular formula is C20H20ClN3O3. The molecule has 6 nitrogen and oxygen atoms in total.